The molecule has 4 aromatic rings. The highest BCUT2D eigenvalue weighted by atomic mass is 35.5. The number of aromatic nitrogens is 1. The van der Waals surface area contributed by atoms with Crippen molar-refractivity contribution < 1.29 is 14.3 Å². The number of halogens is 3. The predicted molar refractivity (Wildman–Crippen MR) is 142 cm³/mol. The van der Waals surface area contributed by atoms with Crippen LogP contribution in [0.3, 0.4) is 0 Å². The Balaban J connectivity index is 0.000000223. The first-order chi connectivity index (χ1) is 16.5. The van der Waals surface area contributed by atoms with E-state index in [0.717, 1.165) is 25.6 Å². The van der Waals surface area contributed by atoms with E-state index in [1.807, 2.05) is 18.2 Å². The Bertz CT molecular complexity index is 1290. The number of H-pyrrole nitrogens is 1. The van der Waals surface area contributed by atoms with Crippen LogP contribution in [0, 0.1) is 5.82 Å². The van der Waals surface area contributed by atoms with Gasteiger partial charge in [0.25, 0.3) is 0 Å². The number of hydrogen-bond donors (Lipinski definition) is 3. The summed E-state index contributed by atoms with van der Waals surface area (Å²) in [6.45, 7) is 8.50. The van der Waals surface area contributed by atoms with Gasteiger partial charge in [0.1, 0.15) is 5.82 Å². The highest BCUT2D eigenvalue weighted by Gasteiger charge is 2.13. The van der Waals surface area contributed by atoms with Gasteiger partial charge in [-0.2, -0.15) is 0 Å². The van der Waals surface area contributed by atoms with Crippen molar-refractivity contribution in [2.75, 3.05) is 6.54 Å². The fraction of sp³-hybridized carbons (Fsp3) is 0.250. The average molecular weight is 515 g/mol. The van der Waals surface area contributed by atoms with Crippen LogP contribution in [0.25, 0.3) is 10.9 Å². The van der Waals surface area contributed by atoms with Crippen molar-refractivity contribution >= 4 is 40.1 Å². The molecule has 3 N–H and O–H groups in total. The van der Waals surface area contributed by atoms with Gasteiger partial charge in [0.05, 0.1) is 21.1 Å². The summed E-state index contributed by atoms with van der Waals surface area (Å²) in [6, 6.07) is 18.6. The molecule has 0 fully saturated rings. The number of aromatic amines is 1. The van der Waals surface area contributed by atoms with Gasteiger partial charge < -0.3 is 15.4 Å². The Morgan fingerprint density at radius 1 is 0.971 bits per heavy atom. The minimum absolute atomic E-state index is 0.0417. The second kappa shape index (κ2) is 11.7. The second-order valence-corrected chi connectivity index (χ2v) is 10.1. The van der Waals surface area contributed by atoms with Crippen molar-refractivity contribution in [3.05, 3.63) is 105 Å². The topological polar surface area (TPSA) is 65.1 Å². The van der Waals surface area contributed by atoms with Gasteiger partial charge in [0.2, 0.25) is 0 Å². The standard InChI is InChI=1S/C19H23Cl2N.C9H6FNO2/c1-19(2,3)16-7-4-15(5-8-16)13-22-11-10-14-6-9-17(20)18(21)12-14;10-6-3-5-1-2-11-8(5)7(4-6)9(12)13/h4-9,12,22H,10-11,13H2,1-3H3;1-4,11H,(H,12,13). The van der Waals surface area contributed by atoms with Crippen LogP contribution in [-0.4, -0.2) is 22.6 Å². The monoisotopic (exact) mass is 514 g/mol. The van der Waals surface area contributed by atoms with Gasteiger partial charge in [-0.1, -0.05) is 74.3 Å². The summed E-state index contributed by atoms with van der Waals surface area (Å²) in [5.74, 6) is -1.67. The number of carboxylic acid groups (broad SMARTS) is 1. The van der Waals surface area contributed by atoms with Crippen LogP contribution in [0.5, 0.6) is 0 Å². The number of fused-ring (bicyclic) bond motifs is 1. The maximum absolute atomic E-state index is 12.9. The Kier molecular flexibility index (Phi) is 8.95. The zero-order valence-corrected chi connectivity index (χ0v) is 21.5. The summed E-state index contributed by atoms with van der Waals surface area (Å²) in [5.41, 5.74) is 4.49. The number of carboxylic acids is 1. The van der Waals surface area contributed by atoms with E-state index in [9.17, 15) is 9.18 Å². The Labute approximate surface area is 215 Å². The molecule has 0 unspecified atom stereocenters. The number of aromatic carboxylic acids is 1. The van der Waals surface area contributed by atoms with Crippen molar-refractivity contribution in [1.29, 1.82) is 0 Å². The fourth-order valence-corrected chi connectivity index (χ4v) is 3.91. The van der Waals surface area contributed by atoms with E-state index in [1.165, 1.54) is 22.8 Å². The molecule has 35 heavy (non-hydrogen) atoms. The van der Waals surface area contributed by atoms with Crippen LogP contribution in [0.4, 0.5) is 4.39 Å². The molecule has 1 aromatic heterocycles. The normalized spacial score (nSPS) is 11.3. The molecule has 0 atom stereocenters. The smallest absolute Gasteiger partial charge is 0.337 e. The van der Waals surface area contributed by atoms with Gasteiger partial charge in [-0.25, -0.2) is 9.18 Å². The molecular formula is C28H29Cl2FN2O2. The van der Waals surface area contributed by atoms with Crippen LogP contribution in [-0.2, 0) is 18.4 Å². The molecule has 184 valence electrons. The predicted octanol–water partition coefficient (Wildman–Crippen LogP) is 7.63. The molecule has 1 heterocycles. The van der Waals surface area contributed by atoms with Crippen molar-refractivity contribution in [1.82, 2.24) is 10.3 Å². The number of carbonyl (C=O) groups is 1. The van der Waals surface area contributed by atoms with Gasteiger partial charge in [0.15, 0.2) is 0 Å². The minimum atomic E-state index is -1.13. The largest absolute Gasteiger partial charge is 0.478 e. The first-order valence-electron chi connectivity index (χ1n) is 11.3. The van der Waals surface area contributed by atoms with E-state index < -0.39 is 11.8 Å². The lowest BCUT2D eigenvalue weighted by Crippen LogP contribution is -2.17. The minimum Gasteiger partial charge on any atom is -0.478 e. The van der Waals surface area contributed by atoms with E-state index in [2.05, 4.69) is 55.3 Å². The highest BCUT2D eigenvalue weighted by Crippen LogP contribution is 2.23. The van der Waals surface area contributed by atoms with Crippen LogP contribution < -0.4 is 5.32 Å². The van der Waals surface area contributed by atoms with Crippen LogP contribution >= 0.6 is 23.2 Å². The van der Waals surface area contributed by atoms with Crippen LogP contribution in [0.15, 0.2) is 66.9 Å². The van der Waals surface area contributed by atoms with Gasteiger partial charge in [-0.3, -0.25) is 0 Å². The number of rotatable bonds is 6. The molecule has 0 saturated carbocycles. The van der Waals surface area contributed by atoms with E-state index in [0.29, 0.717) is 20.9 Å². The molecule has 7 heteroatoms. The third-order valence-corrected chi connectivity index (χ3v) is 6.32. The Hall–Kier alpha value is -2.86. The third kappa shape index (κ3) is 7.56. The van der Waals surface area contributed by atoms with Crippen molar-refractivity contribution in [3.8, 4) is 0 Å². The molecule has 0 radical (unpaired) electrons. The highest BCUT2D eigenvalue weighted by molar-refractivity contribution is 6.42. The Morgan fingerprint density at radius 2 is 1.66 bits per heavy atom. The van der Waals surface area contributed by atoms with Gasteiger partial charge >= 0.3 is 5.97 Å². The molecule has 3 aromatic carbocycles. The zero-order chi connectivity index (χ0) is 25.6. The summed E-state index contributed by atoms with van der Waals surface area (Å²) >= 11 is 11.9. The lowest BCUT2D eigenvalue weighted by molar-refractivity contribution is 0.0698. The van der Waals surface area contributed by atoms with E-state index in [4.69, 9.17) is 28.3 Å². The number of nitrogens with one attached hydrogen (secondary N) is 2. The molecule has 0 aliphatic carbocycles. The molecule has 0 spiro atoms. The van der Waals surface area contributed by atoms with E-state index in [1.54, 1.807) is 12.3 Å². The quantitative estimate of drug-likeness (QED) is 0.231. The van der Waals surface area contributed by atoms with Gasteiger partial charge in [-0.05, 0) is 65.4 Å². The maximum atomic E-state index is 12.9. The van der Waals surface area contributed by atoms with Crippen molar-refractivity contribution in [2.45, 2.75) is 39.2 Å². The molecular weight excluding hydrogens is 486 g/mol. The summed E-state index contributed by atoms with van der Waals surface area (Å²) < 4.78 is 12.9. The maximum Gasteiger partial charge on any atom is 0.337 e. The van der Waals surface area contributed by atoms with Gasteiger partial charge in [0, 0.05) is 18.1 Å². The van der Waals surface area contributed by atoms with Gasteiger partial charge in [-0.15, -0.1) is 0 Å². The fourth-order valence-electron chi connectivity index (χ4n) is 3.59. The molecule has 0 amide bonds. The number of benzene rings is 3. The Morgan fingerprint density at radius 3 is 2.29 bits per heavy atom. The first-order valence-corrected chi connectivity index (χ1v) is 12.0. The number of hydrogen-bond acceptors (Lipinski definition) is 2. The molecule has 0 aliphatic rings. The molecule has 0 aliphatic heterocycles. The van der Waals surface area contributed by atoms with Crippen LogP contribution in [0.1, 0.15) is 47.8 Å². The van der Waals surface area contributed by atoms with Crippen molar-refractivity contribution in [2.24, 2.45) is 0 Å². The SMILES string of the molecule is CC(C)(C)c1ccc(CNCCc2ccc(Cl)c(Cl)c2)cc1.O=C(O)c1cc(F)cc2cc[nH]c12. The lowest BCUT2D eigenvalue weighted by Gasteiger charge is -2.19. The second-order valence-electron chi connectivity index (χ2n) is 9.32. The van der Waals surface area contributed by atoms with Crippen LogP contribution in [0.2, 0.25) is 10.0 Å². The first kappa shape index (κ1) is 26.7. The van der Waals surface area contributed by atoms with Crippen molar-refractivity contribution in [3.63, 3.8) is 0 Å². The summed E-state index contributed by atoms with van der Waals surface area (Å²) in [6.07, 6.45) is 2.52. The average Bonchev–Trinajstić information content (AvgIpc) is 3.27. The van der Waals surface area contributed by atoms with E-state index >= 15 is 0 Å². The zero-order valence-electron chi connectivity index (χ0n) is 20.0. The molecule has 4 rings (SSSR count). The summed E-state index contributed by atoms with van der Waals surface area (Å²) in [4.78, 5) is 13.4. The molecule has 0 bridgehead atoms. The summed E-state index contributed by atoms with van der Waals surface area (Å²) in [5, 5.41) is 14.0. The molecule has 0 saturated heterocycles. The summed E-state index contributed by atoms with van der Waals surface area (Å²) in [7, 11) is 0. The lowest BCUT2D eigenvalue weighted by atomic mass is 9.87. The van der Waals surface area contributed by atoms with E-state index in [-0.39, 0.29) is 11.0 Å². The third-order valence-electron chi connectivity index (χ3n) is 5.58. The molecule has 4 nitrogen and oxygen atoms in total.